The zero-order valence-corrected chi connectivity index (χ0v) is 21.0. The molecule has 0 bridgehead atoms. The zero-order valence-electron chi connectivity index (χ0n) is 21.0. The maximum absolute atomic E-state index is 16.5. The number of hydrogen-bond acceptors (Lipinski definition) is 3. The second kappa shape index (κ2) is 8.42. The van der Waals surface area contributed by atoms with Crippen LogP contribution < -0.4 is 10.2 Å². The Morgan fingerprint density at radius 1 is 1.06 bits per heavy atom. The molecule has 2 aromatic carbocycles. The fraction of sp³-hybridized carbons (Fsp3) is 0.464. The number of aryl methyl sites for hydroxylation is 1. The van der Waals surface area contributed by atoms with Gasteiger partial charge in [-0.2, -0.15) is 0 Å². The Kier molecular flexibility index (Phi) is 5.67. The van der Waals surface area contributed by atoms with Crippen LogP contribution in [0.2, 0.25) is 0 Å². The van der Waals surface area contributed by atoms with Crippen LogP contribution in [0.4, 0.5) is 4.39 Å². The highest BCUT2D eigenvalue weighted by Crippen LogP contribution is 2.41. The van der Waals surface area contributed by atoms with Gasteiger partial charge in [-0.3, -0.25) is 4.79 Å². The predicted octanol–water partition coefficient (Wildman–Crippen LogP) is 6.26. The Morgan fingerprint density at radius 3 is 2.38 bits per heavy atom. The van der Waals surface area contributed by atoms with Crippen molar-refractivity contribution in [1.82, 2.24) is 14.5 Å². The van der Waals surface area contributed by atoms with E-state index in [2.05, 4.69) is 23.7 Å². The van der Waals surface area contributed by atoms with E-state index in [1.807, 2.05) is 43.5 Å². The van der Waals surface area contributed by atoms with Crippen LogP contribution in [-0.4, -0.2) is 40.7 Å². The number of hydrogen-bond donors (Lipinski definition) is 1. The number of rotatable bonds is 4. The van der Waals surface area contributed by atoms with Gasteiger partial charge in [0, 0.05) is 28.6 Å². The monoisotopic (exact) mass is 463 g/mol. The SMILES string of the molecule is COc1cc2c(=O)c3c4ccc(C)cc4[nH]c3n(C(C)C)c2c(F)c1C1CCN(C(C)C)CC1. The lowest BCUT2D eigenvalue weighted by molar-refractivity contribution is 0.170. The third-order valence-electron chi connectivity index (χ3n) is 7.53. The normalized spacial score (nSPS) is 16.0. The van der Waals surface area contributed by atoms with Gasteiger partial charge in [0.1, 0.15) is 11.4 Å². The quantitative estimate of drug-likeness (QED) is 0.389. The van der Waals surface area contributed by atoms with E-state index in [0.29, 0.717) is 39.3 Å². The van der Waals surface area contributed by atoms with E-state index in [-0.39, 0.29) is 23.2 Å². The molecule has 1 fully saturated rings. The van der Waals surface area contributed by atoms with Gasteiger partial charge in [-0.15, -0.1) is 0 Å². The average Bonchev–Trinajstić information content (AvgIpc) is 3.17. The van der Waals surface area contributed by atoms with Gasteiger partial charge in [0.25, 0.3) is 0 Å². The van der Waals surface area contributed by atoms with Crippen molar-refractivity contribution in [3.8, 4) is 5.75 Å². The number of benzene rings is 2. The highest BCUT2D eigenvalue weighted by Gasteiger charge is 2.30. The van der Waals surface area contributed by atoms with Gasteiger partial charge in [-0.1, -0.05) is 12.1 Å². The van der Waals surface area contributed by atoms with Gasteiger partial charge in [-0.25, -0.2) is 4.39 Å². The molecule has 180 valence electrons. The van der Waals surface area contributed by atoms with Crippen molar-refractivity contribution in [3.05, 3.63) is 51.4 Å². The molecular formula is C28H34FN3O2. The van der Waals surface area contributed by atoms with Crippen LogP contribution in [-0.2, 0) is 0 Å². The Balaban J connectivity index is 1.83. The molecule has 3 heterocycles. The van der Waals surface area contributed by atoms with E-state index in [9.17, 15) is 4.79 Å². The van der Waals surface area contributed by atoms with E-state index in [1.165, 1.54) is 0 Å². The van der Waals surface area contributed by atoms with Crippen LogP contribution in [0.5, 0.6) is 5.75 Å². The van der Waals surface area contributed by atoms with Crippen molar-refractivity contribution in [3.63, 3.8) is 0 Å². The molecule has 1 saturated heterocycles. The Bertz CT molecular complexity index is 1460. The van der Waals surface area contributed by atoms with Crippen LogP contribution in [0.3, 0.4) is 0 Å². The fourth-order valence-electron chi connectivity index (χ4n) is 5.76. The van der Waals surface area contributed by atoms with Crippen molar-refractivity contribution in [1.29, 1.82) is 0 Å². The summed E-state index contributed by atoms with van der Waals surface area (Å²) in [4.78, 5) is 19.7. The van der Waals surface area contributed by atoms with Crippen LogP contribution in [0, 0.1) is 12.7 Å². The summed E-state index contributed by atoms with van der Waals surface area (Å²) in [6.45, 7) is 12.4. The minimum Gasteiger partial charge on any atom is -0.496 e. The molecule has 0 saturated carbocycles. The van der Waals surface area contributed by atoms with E-state index < -0.39 is 0 Å². The Morgan fingerprint density at radius 2 is 1.76 bits per heavy atom. The molecule has 1 aliphatic heterocycles. The van der Waals surface area contributed by atoms with Crippen LogP contribution in [0.25, 0.3) is 32.8 Å². The molecule has 1 aliphatic rings. The molecular weight excluding hydrogens is 429 g/mol. The van der Waals surface area contributed by atoms with Crippen molar-refractivity contribution in [2.45, 2.75) is 65.5 Å². The van der Waals surface area contributed by atoms with Crippen molar-refractivity contribution >= 4 is 32.8 Å². The standard InChI is InChI=1S/C28H34FN3O2/c1-15(2)31-11-9-18(10-12-31)23-22(34-6)14-20-26(25(23)29)32(16(3)4)28-24(27(20)33)19-8-7-17(5)13-21(19)30-28/h7-8,13-16,18,30H,9-12H2,1-6H3. The number of fused-ring (bicyclic) bond motifs is 4. The van der Waals surface area contributed by atoms with Gasteiger partial charge < -0.3 is 19.2 Å². The number of ether oxygens (including phenoxy) is 1. The van der Waals surface area contributed by atoms with Gasteiger partial charge in [0.15, 0.2) is 11.2 Å². The molecule has 0 spiro atoms. The number of aromatic amines is 1. The van der Waals surface area contributed by atoms with Crippen LogP contribution in [0.1, 0.15) is 63.6 Å². The predicted molar refractivity (Wildman–Crippen MR) is 138 cm³/mol. The maximum Gasteiger partial charge on any atom is 0.199 e. The summed E-state index contributed by atoms with van der Waals surface area (Å²) in [5.74, 6) is 0.224. The third kappa shape index (κ3) is 3.42. The van der Waals surface area contributed by atoms with Gasteiger partial charge in [0.2, 0.25) is 0 Å². The number of nitrogens with one attached hydrogen (secondary N) is 1. The molecule has 1 N–H and O–H groups in total. The summed E-state index contributed by atoms with van der Waals surface area (Å²) in [6.07, 6.45) is 1.74. The number of piperidine rings is 1. The third-order valence-corrected chi connectivity index (χ3v) is 7.53. The first-order valence-corrected chi connectivity index (χ1v) is 12.3. The highest BCUT2D eigenvalue weighted by molar-refractivity contribution is 6.10. The van der Waals surface area contributed by atoms with Crippen molar-refractivity contribution in [2.75, 3.05) is 20.2 Å². The molecule has 2 aromatic heterocycles. The zero-order chi connectivity index (χ0) is 24.3. The number of likely N-dealkylation sites (tertiary alicyclic amines) is 1. The summed E-state index contributed by atoms with van der Waals surface area (Å²) < 4.78 is 24.2. The van der Waals surface area contributed by atoms with Crippen molar-refractivity contribution < 1.29 is 9.13 Å². The Hall–Kier alpha value is -2.86. The smallest absolute Gasteiger partial charge is 0.199 e. The lowest BCUT2D eigenvalue weighted by Gasteiger charge is -2.35. The molecule has 5 nitrogen and oxygen atoms in total. The summed E-state index contributed by atoms with van der Waals surface area (Å²) in [5.41, 5.74) is 3.50. The molecule has 0 amide bonds. The fourth-order valence-corrected chi connectivity index (χ4v) is 5.76. The second-order valence-electron chi connectivity index (χ2n) is 10.3. The molecule has 4 aromatic rings. The average molecular weight is 464 g/mol. The summed E-state index contributed by atoms with van der Waals surface area (Å²) in [6, 6.07) is 8.23. The van der Waals surface area contributed by atoms with Gasteiger partial charge in [0.05, 0.1) is 23.4 Å². The maximum atomic E-state index is 16.5. The Labute approximate surface area is 199 Å². The van der Waals surface area contributed by atoms with Gasteiger partial charge in [-0.05, 0) is 84.2 Å². The second-order valence-corrected chi connectivity index (χ2v) is 10.3. The molecule has 0 unspecified atom stereocenters. The minimum absolute atomic E-state index is 0.0432. The lowest BCUT2D eigenvalue weighted by atomic mass is 9.87. The number of halogens is 1. The van der Waals surface area contributed by atoms with E-state index in [0.717, 1.165) is 42.4 Å². The lowest BCUT2D eigenvalue weighted by Crippen LogP contribution is -2.38. The number of H-pyrrole nitrogens is 1. The topological polar surface area (TPSA) is 50.3 Å². The van der Waals surface area contributed by atoms with Crippen molar-refractivity contribution in [2.24, 2.45) is 0 Å². The first-order valence-electron chi connectivity index (χ1n) is 12.3. The first-order chi connectivity index (χ1) is 16.2. The summed E-state index contributed by atoms with van der Waals surface area (Å²) in [5, 5.41) is 1.85. The van der Waals surface area contributed by atoms with Crippen LogP contribution >= 0.6 is 0 Å². The summed E-state index contributed by atoms with van der Waals surface area (Å²) in [7, 11) is 1.57. The molecule has 0 radical (unpaired) electrons. The molecule has 0 atom stereocenters. The van der Waals surface area contributed by atoms with Crippen LogP contribution in [0.15, 0.2) is 29.1 Å². The number of methoxy groups -OCH3 is 1. The van der Waals surface area contributed by atoms with E-state index in [4.69, 9.17) is 4.74 Å². The molecule has 34 heavy (non-hydrogen) atoms. The first kappa shape index (κ1) is 22.9. The van der Waals surface area contributed by atoms with E-state index in [1.54, 1.807) is 13.2 Å². The minimum atomic E-state index is -0.320. The van der Waals surface area contributed by atoms with E-state index >= 15 is 4.39 Å². The largest absolute Gasteiger partial charge is 0.496 e. The number of pyridine rings is 1. The van der Waals surface area contributed by atoms with Gasteiger partial charge >= 0.3 is 0 Å². The molecule has 6 heteroatoms. The summed E-state index contributed by atoms with van der Waals surface area (Å²) >= 11 is 0. The molecule has 0 aliphatic carbocycles. The highest BCUT2D eigenvalue weighted by atomic mass is 19.1. The number of nitrogens with zero attached hydrogens (tertiary/aromatic N) is 2. The molecule has 5 rings (SSSR count). The number of aromatic nitrogens is 2.